The molecule has 118 valence electrons. The zero-order valence-corrected chi connectivity index (χ0v) is 14.5. The zero-order valence-electron chi connectivity index (χ0n) is 12.9. The number of benzene rings is 1. The Morgan fingerprint density at radius 3 is 2.32 bits per heavy atom. The number of carbonyl (C=O) groups excluding carboxylic acids is 1. The molecule has 1 heterocycles. The molecule has 1 saturated heterocycles. The first-order valence-corrected chi connectivity index (χ1v) is 9.30. The van der Waals surface area contributed by atoms with Crippen LogP contribution in [0.5, 0.6) is 0 Å². The molecule has 4 rings (SSSR count). The first-order chi connectivity index (χ1) is 10.7. The van der Waals surface area contributed by atoms with Crippen LogP contribution in [0.1, 0.15) is 37.2 Å². The van der Waals surface area contributed by atoms with Crippen LogP contribution in [0.2, 0.25) is 0 Å². The standard InChI is InChI=1S/C18H23BrN2O/c19-14-6-4-13(5-7-14)16-12-17(16)18(22)21-10-8-20(9-11-21)15-2-1-3-15/h4-7,15-17H,1-3,8-12H2/t16-,17+/m0/s1. The molecule has 3 nitrogen and oxygen atoms in total. The Bertz CT molecular complexity index is 547. The van der Waals surface area contributed by atoms with Crippen LogP contribution < -0.4 is 0 Å². The van der Waals surface area contributed by atoms with Gasteiger partial charge in [-0.25, -0.2) is 0 Å². The molecule has 2 aliphatic carbocycles. The van der Waals surface area contributed by atoms with Crippen LogP contribution >= 0.6 is 15.9 Å². The molecular weight excluding hydrogens is 340 g/mol. The summed E-state index contributed by atoms with van der Waals surface area (Å²) in [6, 6.07) is 9.26. The largest absolute Gasteiger partial charge is 0.340 e. The summed E-state index contributed by atoms with van der Waals surface area (Å²) < 4.78 is 1.10. The third kappa shape index (κ3) is 2.83. The smallest absolute Gasteiger partial charge is 0.226 e. The van der Waals surface area contributed by atoms with Gasteiger partial charge in [0.1, 0.15) is 0 Å². The molecule has 4 heteroatoms. The molecule has 1 amide bonds. The SMILES string of the molecule is O=C([C@@H]1C[C@H]1c1ccc(Br)cc1)N1CCN(C2CCC2)CC1. The summed E-state index contributed by atoms with van der Waals surface area (Å²) in [5.41, 5.74) is 1.31. The van der Waals surface area contributed by atoms with Crippen molar-refractivity contribution in [2.45, 2.75) is 37.6 Å². The van der Waals surface area contributed by atoms with Crippen molar-refractivity contribution in [2.75, 3.05) is 26.2 Å². The summed E-state index contributed by atoms with van der Waals surface area (Å²) in [4.78, 5) is 17.4. The Balaban J connectivity index is 1.31. The third-order valence-electron chi connectivity index (χ3n) is 5.62. The van der Waals surface area contributed by atoms with E-state index in [2.05, 4.69) is 50.0 Å². The van der Waals surface area contributed by atoms with Gasteiger partial charge in [0.2, 0.25) is 5.91 Å². The van der Waals surface area contributed by atoms with Gasteiger partial charge in [0, 0.05) is 42.6 Å². The van der Waals surface area contributed by atoms with Gasteiger partial charge in [-0.2, -0.15) is 0 Å². The number of hydrogen-bond donors (Lipinski definition) is 0. The van der Waals surface area contributed by atoms with Gasteiger partial charge >= 0.3 is 0 Å². The number of nitrogens with zero attached hydrogens (tertiary/aromatic N) is 2. The van der Waals surface area contributed by atoms with E-state index in [0.29, 0.717) is 11.8 Å². The van der Waals surface area contributed by atoms with Gasteiger partial charge in [0.15, 0.2) is 0 Å². The number of rotatable bonds is 3. The molecule has 0 spiro atoms. The number of amides is 1. The minimum absolute atomic E-state index is 0.233. The molecule has 1 aliphatic heterocycles. The first kappa shape index (κ1) is 14.7. The molecule has 0 N–H and O–H groups in total. The normalized spacial score (nSPS) is 29.2. The van der Waals surface area contributed by atoms with E-state index in [9.17, 15) is 4.79 Å². The van der Waals surface area contributed by atoms with Crippen molar-refractivity contribution in [1.82, 2.24) is 9.80 Å². The van der Waals surface area contributed by atoms with Crippen LogP contribution in [0.15, 0.2) is 28.7 Å². The summed E-state index contributed by atoms with van der Waals surface area (Å²) in [5, 5.41) is 0. The van der Waals surface area contributed by atoms with Gasteiger partial charge in [-0.1, -0.05) is 34.5 Å². The Kier molecular flexibility index (Phi) is 3.99. The van der Waals surface area contributed by atoms with Crippen LogP contribution in [0, 0.1) is 5.92 Å². The molecular formula is C18H23BrN2O. The van der Waals surface area contributed by atoms with Crippen LogP contribution in [0.25, 0.3) is 0 Å². The van der Waals surface area contributed by atoms with Gasteiger partial charge in [0.05, 0.1) is 0 Å². The lowest BCUT2D eigenvalue weighted by molar-refractivity contribution is -0.135. The topological polar surface area (TPSA) is 23.6 Å². The quantitative estimate of drug-likeness (QED) is 0.823. The van der Waals surface area contributed by atoms with Gasteiger partial charge in [-0.05, 0) is 42.9 Å². The van der Waals surface area contributed by atoms with Crippen molar-refractivity contribution < 1.29 is 4.79 Å². The summed E-state index contributed by atoms with van der Waals surface area (Å²) in [7, 11) is 0. The van der Waals surface area contributed by atoms with Crippen LogP contribution in [0.4, 0.5) is 0 Å². The van der Waals surface area contributed by atoms with Gasteiger partial charge in [-0.15, -0.1) is 0 Å². The van der Waals surface area contributed by atoms with Crippen molar-refractivity contribution in [1.29, 1.82) is 0 Å². The number of hydrogen-bond acceptors (Lipinski definition) is 2. The second kappa shape index (κ2) is 5.97. The molecule has 0 unspecified atom stereocenters. The van der Waals surface area contributed by atoms with Gasteiger partial charge < -0.3 is 4.90 Å². The Morgan fingerprint density at radius 1 is 1.05 bits per heavy atom. The van der Waals surface area contributed by atoms with Crippen LogP contribution in [-0.2, 0) is 4.79 Å². The molecule has 1 aromatic rings. The average Bonchev–Trinajstić information content (AvgIpc) is 3.27. The van der Waals surface area contributed by atoms with Crippen molar-refractivity contribution in [3.63, 3.8) is 0 Å². The molecule has 0 aromatic heterocycles. The molecule has 2 atom stereocenters. The van der Waals surface area contributed by atoms with E-state index >= 15 is 0 Å². The lowest BCUT2D eigenvalue weighted by Gasteiger charge is -2.43. The van der Waals surface area contributed by atoms with Crippen LogP contribution in [0.3, 0.4) is 0 Å². The molecule has 1 aromatic carbocycles. The first-order valence-electron chi connectivity index (χ1n) is 8.50. The van der Waals surface area contributed by atoms with E-state index in [1.807, 2.05) is 0 Å². The highest BCUT2D eigenvalue weighted by Crippen LogP contribution is 2.48. The van der Waals surface area contributed by atoms with E-state index in [1.54, 1.807) is 0 Å². The second-order valence-electron chi connectivity index (χ2n) is 6.95. The lowest BCUT2D eigenvalue weighted by atomic mass is 9.91. The minimum Gasteiger partial charge on any atom is -0.340 e. The number of carbonyl (C=O) groups is 1. The van der Waals surface area contributed by atoms with E-state index < -0.39 is 0 Å². The van der Waals surface area contributed by atoms with Gasteiger partial charge in [0.25, 0.3) is 0 Å². The summed E-state index contributed by atoms with van der Waals surface area (Å²) in [6.45, 7) is 4.01. The molecule has 3 fully saturated rings. The van der Waals surface area contributed by atoms with Crippen molar-refractivity contribution in [3.05, 3.63) is 34.3 Å². The Hall–Kier alpha value is -0.870. The predicted octanol–water partition coefficient (Wildman–Crippen LogP) is 3.25. The fourth-order valence-corrected chi connectivity index (χ4v) is 4.10. The summed E-state index contributed by atoms with van der Waals surface area (Å²) in [5.74, 6) is 1.07. The Labute approximate surface area is 140 Å². The maximum absolute atomic E-state index is 12.7. The van der Waals surface area contributed by atoms with Crippen LogP contribution in [-0.4, -0.2) is 47.9 Å². The fraction of sp³-hybridized carbons (Fsp3) is 0.611. The molecule has 22 heavy (non-hydrogen) atoms. The number of halogens is 1. The molecule has 0 bridgehead atoms. The van der Waals surface area contributed by atoms with Gasteiger partial charge in [-0.3, -0.25) is 9.69 Å². The third-order valence-corrected chi connectivity index (χ3v) is 6.15. The highest BCUT2D eigenvalue weighted by molar-refractivity contribution is 9.10. The zero-order chi connectivity index (χ0) is 15.1. The van der Waals surface area contributed by atoms with Crippen molar-refractivity contribution >= 4 is 21.8 Å². The minimum atomic E-state index is 0.233. The summed E-state index contributed by atoms with van der Waals surface area (Å²) >= 11 is 3.47. The van der Waals surface area contributed by atoms with Crippen molar-refractivity contribution in [3.8, 4) is 0 Å². The van der Waals surface area contributed by atoms with E-state index in [1.165, 1.54) is 24.8 Å². The van der Waals surface area contributed by atoms with E-state index in [-0.39, 0.29) is 5.92 Å². The number of piperazine rings is 1. The molecule has 0 radical (unpaired) electrons. The van der Waals surface area contributed by atoms with Crippen molar-refractivity contribution in [2.24, 2.45) is 5.92 Å². The summed E-state index contributed by atoms with van der Waals surface area (Å²) in [6.07, 6.45) is 5.15. The highest BCUT2D eigenvalue weighted by Gasteiger charge is 2.46. The molecule has 2 saturated carbocycles. The van der Waals surface area contributed by atoms with E-state index in [0.717, 1.165) is 43.1 Å². The fourth-order valence-electron chi connectivity index (χ4n) is 3.84. The Morgan fingerprint density at radius 2 is 1.73 bits per heavy atom. The van der Waals surface area contributed by atoms with E-state index in [4.69, 9.17) is 0 Å². The second-order valence-corrected chi connectivity index (χ2v) is 7.86. The molecule has 3 aliphatic rings. The predicted molar refractivity (Wildman–Crippen MR) is 90.8 cm³/mol. The highest BCUT2D eigenvalue weighted by atomic mass is 79.9. The maximum Gasteiger partial charge on any atom is 0.226 e. The average molecular weight is 363 g/mol. The lowest BCUT2D eigenvalue weighted by Crippen LogP contribution is -2.53. The maximum atomic E-state index is 12.7. The monoisotopic (exact) mass is 362 g/mol.